The first kappa shape index (κ1) is 32.8. The summed E-state index contributed by atoms with van der Waals surface area (Å²) in [5.74, 6) is 0. The van der Waals surface area contributed by atoms with Crippen LogP contribution in [0.3, 0.4) is 0 Å². The predicted octanol–water partition coefficient (Wildman–Crippen LogP) is 11.5. The molecule has 0 radical (unpaired) electrons. The van der Waals surface area contributed by atoms with Gasteiger partial charge >= 0.3 is 0 Å². The molecule has 0 aromatic heterocycles. The number of hydrogen-bond acceptors (Lipinski definition) is 0. The van der Waals surface area contributed by atoms with Gasteiger partial charge in [-0.2, -0.15) is 0 Å². The van der Waals surface area contributed by atoms with Gasteiger partial charge in [0.25, 0.3) is 0 Å². The Morgan fingerprint density at radius 2 is 0.600 bits per heavy atom. The van der Waals surface area contributed by atoms with Gasteiger partial charge in [0.05, 0.1) is 0 Å². The van der Waals surface area contributed by atoms with E-state index in [9.17, 15) is 0 Å². The molecule has 10 aromatic rings. The summed E-state index contributed by atoms with van der Waals surface area (Å²) in [4.78, 5) is 0. The molecule has 0 unspecified atom stereocenters. The van der Waals surface area contributed by atoms with Crippen LogP contribution in [0.5, 0.6) is 0 Å². The van der Waals surface area contributed by atoms with Crippen molar-refractivity contribution in [2.24, 2.45) is 0 Å². The normalized spacial score (nSPS) is 11.6. The molecule has 0 atom stereocenters. The standard InChI is InChI=1S/C54H38Si/c1-4-21-45(22-5-1)55(46-23-6-2-7-24-46,47-25-8-3-9-26-47)48-35-33-40(34-36-48)53-49-27-12-14-29-51(49)54(52-30-15-13-28-50(52)53)44-20-16-19-42(38-44)43-32-31-39-17-10-11-18-41(39)37-43/h1-38H. The number of benzene rings is 10. The SMILES string of the molecule is c1ccc([Si](c2ccccc2)(c2ccccc2)c2ccc(-c3c4ccccc4c(-c4cccc(-c5ccc6ccccc6c5)c4)c4ccccc34)cc2)cc1. The molecule has 0 aliphatic carbocycles. The molecule has 258 valence electrons. The molecular weight excluding hydrogens is 677 g/mol. The molecule has 0 N–H and O–H groups in total. The van der Waals surface area contributed by atoms with Crippen LogP contribution in [0.15, 0.2) is 231 Å². The molecule has 10 aromatic carbocycles. The molecule has 0 saturated heterocycles. The highest BCUT2D eigenvalue weighted by Crippen LogP contribution is 2.44. The van der Waals surface area contributed by atoms with E-state index < -0.39 is 8.07 Å². The lowest BCUT2D eigenvalue weighted by molar-refractivity contribution is 1.62. The van der Waals surface area contributed by atoms with Crippen molar-refractivity contribution < 1.29 is 0 Å². The lowest BCUT2D eigenvalue weighted by Gasteiger charge is -2.34. The minimum absolute atomic E-state index is 1.22. The van der Waals surface area contributed by atoms with E-state index in [0.717, 1.165) is 0 Å². The van der Waals surface area contributed by atoms with Crippen molar-refractivity contribution in [2.75, 3.05) is 0 Å². The molecule has 0 bridgehead atoms. The zero-order chi connectivity index (χ0) is 36.6. The second-order valence-corrected chi connectivity index (χ2v) is 18.2. The maximum atomic E-state index is 2.42. The summed E-state index contributed by atoms with van der Waals surface area (Å²) < 4.78 is 0. The first-order valence-electron chi connectivity index (χ1n) is 19.1. The Kier molecular flexibility index (Phi) is 8.28. The molecule has 1 heteroatoms. The second-order valence-electron chi connectivity index (χ2n) is 14.4. The Bertz CT molecular complexity index is 2800. The van der Waals surface area contributed by atoms with Crippen LogP contribution in [0.2, 0.25) is 0 Å². The third kappa shape index (κ3) is 5.60. The summed E-state index contributed by atoms with van der Waals surface area (Å²) in [6.45, 7) is 0. The van der Waals surface area contributed by atoms with Gasteiger partial charge in [-0.05, 0) is 98.6 Å². The van der Waals surface area contributed by atoms with Gasteiger partial charge in [-0.25, -0.2) is 0 Å². The summed E-state index contributed by atoms with van der Waals surface area (Å²) in [6.07, 6.45) is 0. The monoisotopic (exact) mass is 714 g/mol. The molecule has 55 heavy (non-hydrogen) atoms. The Hall–Kier alpha value is -6.80. The van der Waals surface area contributed by atoms with Crippen LogP contribution in [-0.4, -0.2) is 8.07 Å². The minimum atomic E-state index is -2.63. The van der Waals surface area contributed by atoms with E-state index in [2.05, 4.69) is 231 Å². The van der Waals surface area contributed by atoms with Gasteiger partial charge in [-0.15, -0.1) is 0 Å². The van der Waals surface area contributed by atoms with Crippen LogP contribution in [0, 0.1) is 0 Å². The smallest absolute Gasteiger partial charge is 0.0623 e. The van der Waals surface area contributed by atoms with Gasteiger partial charge in [-0.1, -0.05) is 218 Å². The van der Waals surface area contributed by atoms with Gasteiger partial charge in [0, 0.05) is 0 Å². The van der Waals surface area contributed by atoms with Crippen molar-refractivity contribution in [1.82, 2.24) is 0 Å². The average Bonchev–Trinajstić information content (AvgIpc) is 3.27. The largest absolute Gasteiger partial charge is 0.179 e. The molecule has 0 aliphatic rings. The third-order valence-corrected chi connectivity index (χ3v) is 16.2. The Morgan fingerprint density at radius 3 is 1.13 bits per heavy atom. The van der Waals surface area contributed by atoms with Crippen molar-refractivity contribution in [1.29, 1.82) is 0 Å². The lowest BCUT2D eigenvalue weighted by atomic mass is 9.85. The fraction of sp³-hybridized carbons (Fsp3) is 0. The third-order valence-electron chi connectivity index (χ3n) is 11.4. The molecule has 0 nitrogen and oxygen atoms in total. The van der Waals surface area contributed by atoms with Crippen molar-refractivity contribution in [2.45, 2.75) is 0 Å². The molecule has 0 spiro atoms. The highest BCUT2D eigenvalue weighted by Gasteiger charge is 2.41. The maximum absolute atomic E-state index is 2.63. The summed E-state index contributed by atoms with van der Waals surface area (Å²) in [5.41, 5.74) is 7.46. The maximum Gasteiger partial charge on any atom is 0.179 e. The van der Waals surface area contributed by atoms with E-state index in [0.29, 0.717) is 0 Å². The van der Waals surface area contributed by atoms with Crippen molar-refractivity contribution in [3.8, 4) is 33.4 Å². The van der Waals surface area contributed by atoms with E-state index in [1.807, 2.05) is 0 Å². The molecular formula is C54H38Si. The van der Waals surface area contributed by atoms with Crippen molar-refractivity contribution in [3.63, 3.8) is 0 Å². The van der Waals surface area contributed by atoms with E-state index in [1.54, 1.807) is 0 Å². The van der Waals surface area contributed by atoms with Crippen LogP contribution in [0.4, 0.5) is 0 Å². The van der Waals surface area contributed by atoms with Gasteiger partial charge in [0.2, 0.25) is 0 Å². The van der Waals surface area contributed by atoms with Gasteiger partial charge in [0.15, 0.2) is 8.07 Å². The molecule has 0 fully saturated rings. The van der Waals surface area contributed by atoms with Crippen LogP contribution in [0.25, 0.3) is 65.7 Å². The van der Waals surface area contributed by atoms with E-state index in [1.165, 1.54) is 86.4 Å². The van der Waals surface area contributed by atoms with Crippen LogP contribution < -0.4 is 20.7 Å². The van der Waals surface area contributed by atoms with Gasteiger partial charge in [0.1, 0.15) is 0 Å². The lowest BCUT2D eigenvalue weighted by Crippen LogP contribution is -2.74. The van der Waals surface area contributed by atoms with Crippen LogP contribution >= 0.6 is 0 Å². The first-order chi connectivity index (χ1) is 27.3. The minimum Gasteiger partial charge on any atom is -0.0623 e. The first-order valence-corrected chi connectivity index (χ1v) is 21.1. The zero-order valence-electron chi connectivity index (χ0n) is 30.4. The number of rotatable bonds is 7. The molecule has 0 aliphatic heterocycles. The quantitative estimate of drug-likeness (QED) is 0.0876. The number of fused-ring (bicyclic) bond motifs is 3. The summed E-state index contributed by atoms with van der Waals surface area (Å²) >= 11 is 0. The predicted molar refractivity (Wildman–Crippen MR) is 239 cm³/mol. The zero-order valence-corrected chi connectivity index (χ0v) is 31.4. The highest BCUT2D eigenvalue weighted by atomic mass is 28.3. The summed E-state index contributed by atoms with van der Waals surface area (Å²) in [5, 5.41) is 13.1. The molecule has 0 heterocycles. The Labute approximate surface area is 323 Å². The summed E-state index contributed by atoms with van der Waals surface area (Å²) in [7, 11) is -2.63. The summed E-state index contributed by atoms with van der Waals surface area (Å²) in [6, 6.07) is 85.5. The second kappa shape index (κ2) is 13.9. The van der Waals surface area contributed by atoms with Crippen LogP contribution in [-0.2, 0) is 0 Å². The molecule has 10 rings (SSSR count). The van der Waals surface area contributed by atoms with E-state index in [-0.39, 0.29) is 0 Å². The van der Waals surface area contributed by atoms with E-state index in [4.69, 9.17) is 0 Å². The fourth-order valence-electron chi connectivity index (χ4n) is 8.92. The van der Waals surface area contributed by atoms with E-state index >= 15 is 0 Å². The fourth-order valence-corrected chi connectivity index (χ4v) is 13.7. The number of hydrogen-bond donors (Lipinski definition) is 0. The topological polar surface area (TPSA) is 0 Å². The Morgan fingerprint density at radius 1 is 0.218 bits per heavy atom. The van der Waals surface area contributed by atoms with Crippen molar-refractivity contribution in [3.05, 3.63) is 231 Å². The highest BCUT2D eigenvalue weighted by molar-refractivity contribution is 7.19. The molecule has 0 amide bonds. The van der Waals surface area contributed by atoms with Crippen molar-refractivity contribution >= 4 is 61.1 Å². The van der Waals surface area contributed by atoms with Gasteiger partial charge in [-0.3, -0.25) is 0 Å². The average molecular weight is 715 g/mol. The van der Waals surface area contributed by atoms with Gasteiger partial charge < -0.3 is 0 Å². The Balaban J connectivity index is 1.16. The molecule has 0 saturated carbocycles. The van der Waals surface area contributed by atoms with Crippen LogP contribution in [0.1, 0.15) is 0 Å².